The number of para-hydroxylation sites is 2. The van der Waals surface area contributed by atoms with Crippen LogP contribution in [0, 0.1) is 0 Å². The summed E-state index contributed by atoms with van der Waals surface area (Å²) in [5.74, 6) is 0. The molecule has 0 spiro atoms. The lowest BCUT2D eigenvalue weighted by Gasteiger charge is -2.14. The maximum Gasteiger partial charge on any atom is 0.0958 e. The van der Waals surface area contributed by atoms with Gasteiger partial charge in [0.05, 0.1) is 35.3 Å². The van der Waals surface area contributed by atoms with Gasteiger partial charge in [-0.3, -0.25) is 0 Å². The molecule has 2 N–H and O–H groups in total. The third-order valence-electron chi connectivity index (χ3n) is 3.38. The number of hydrogen-bond acceptors (Lipinski definition) is 4. The van der Waals surface area contributed by atoms with E-state index >= 15 is 0 Å². The summed E-state index contributed by atoms with van der Waals surface area (Å²) in [5, 5.41) is 8.04. The van der Waals surface area contributed by atoms with Crippen LogP contribution in [0.2, 0.25) is 0 Å². The van der Waals surface area contributed by atoms with Crippen molar-refractivity contribution in [3.8, 4) is 0 Å². The van der Waals surface area contributed by atoms with E-state index in [4.69, 9.17) is 5.73 Å². The summed E-state index contributed by atoms with van der Waals surface area (Å²) < 4.78 is 3.95. The van der Waals surface area contributed by atoms with Crippen molar-refractivity contribution >= 4 is 11.0 Å². The molecule has 1 unspecified atom stereocenters. The molecule has 0 amide bonds. The Morgan fingerprint density at radius 3 is 3.00 bits per heavy atom. The third kappa shape index (κ3) is 2.30. The van der Waals surface area contributed by atoms with Gasteiger partial charge in [-0.1, -0.05) is 24.3 Å². The van der Waals surface area contributed by atoms with Crippen LogP contribution in [0.25, 0.3) is 11.0 Å². The quantitative estimate of drug-likeness (QED) is 0.766. The van der Waals surface area contributed by atoms with Crippen LogP contribution in [0.15, 0.2) is 36.8 Å². The molecular weight excluding hydrogens is 252 g/mol. The SMILES string of the molecule is CCCn1nncc1C(N)Cn1cnc2ccccc21. The summed E-state index contributed by atoms with van der Waals surface area (Å²) in [6.07, 6.45) is 4.59. The van der Waals surface area contributed by atoms with Crippen molar-refractivity contribution in [2.45, 2.75) is 32.5 Å². The zero-order valence-corrected chi connectivity index (χ0v) is 11.5. The molecule has 1 atom stereocenters. The lowest BCUT2D eigenvalue weighted by atomic mass is 10.2. The van der Waals surface area contributed by atoms with Crippen molar-refractivity contribution in [3.63, 3.8) is 0 Å². The van der Waals surface area contributed by atoms with E-state index in [-0.39, 0.29) is 6.04 Å². The summed E-state index contributed by atoms with van der Waals surface area (Å²) in [4.78, 5) is 4.38. The largest absolute Gasteiger partial charge is 0.329 e. The van der Waals surface area contributed by atoms with Crippen molar-refractivity contribution in [1.29, 1.82) is 0 Å². The predicted molar refractivity (Wildman–Crippen MR) is 77.0 cm³/mol. The van der Waals surface area contributed by atoms with Gasteiger partial charge in [-0.2, -0.15) is 0 Å². The molecule has 0 aliphatic heterocycles. The normalized spacial score (nSPS) is 12.9. The first-order valence-corrected chi connectivity index (χ1v) is 6.83. The summed E-state index contributed by atoms with van der Waals surface area (Å²) >= 11 is 0. The second kappa shape index (κ2) is 5.42. The van der Waals surface area contributed by atoms with Gasteiger partial charge in [0.1, 0.15) is 0 Å². The second-order valence-corrected chi connectivity index (χ2v) is 4.87. The highest BCUT2D eigenvalue weighted by Crippen LogP contribution is 2.16. The fraction of sp³-hybridized carbons (Fsp3) is 0.357. The van der Waals surface area contributed by atoms with Crippen molar-refractivity contribution in [1.82, 2.24) is 24.5 Å². The molecule has 0 bridgehead atoms. The molecule has 104 valence electrons. The molecule has 0 aliphatic rings. The minimum Gasteiger partial charge on any atom is -0.329 e. The molecular formula is C14H18N6. The number of aromatic nitrogens is 5. The number of nitrogens with zero attached hydrogens (tertiary/aromatic N) is 5. The van der Waals surface area contributed by atoms with Gasteiger partial charge in [-0.15, -0.1) is 5.10 Å². The van der Waals surface area contributed by atoms with Gasteiger partial charge in [0.25, 0.3) is 0 Å². The highest BCUT2D eigenvalue weighted by atomic mass is 15.4. The molecule has 1 aromatic carbocycles. The molecule has 0 aliphatic carbocycles. The maximum absolute atomic E-state index is 6.30. The van der Waals surface area contributed by atoms with Gasteiger partial charge in [0.15, 0.2) is 0 Å². The van der Waals surface area contributed by atoms with E-state index in [1.807, 2.05) is 29.2 Å². The van der Waals surface area contributed by atoms with E-state index in [9.17, 15) is 0 Å². The van der Waals surface area contributed by atoms with Crippen molar-refractivity contribution in [2.75, 3.05) is 0 Å². The highest BCUT2D eigenvalue weighted by molar-refractivity contribution is 5.74. The Morgan fingerprint density at radius 2 is 2.15 bits per heavy atom. The fourth-order valence-electron chi connectivity index (χ4n) is 2.40. The standard InChI is InChI=1S/C14H18N6/c1-2-7-20-14(8-17-18-20)11(15)9-19-10-16-12-5-3-4-6-13(12)19/h3-6,8,10-11H,2,7,9,15H2,1H3. The minimum atomic E-state index is -0.144. The van der Waals surface area contributed by atoms with Crippen LogP contribution in [0.1, 0.15) is 25.1 Å². The number of rotatable bonds is 5. The van der Waals surface area contributed by atoms with E-state index in [1.54, 1.807) is 6.20 Å². The maximum atomic E-state index is 6.30. The summed E-state index contributed by atoms with van der Waals surface area (Å²) in [6.45, 7) is 3.62. The van der Waals surface area contributed by atoms with Gasteiger partial charge in [-0.05, 0) is 18.6 Å². The second-order valence-electron chi connectivity index (χ2n) is 4.87. The molecule has 20 heavy (non-hydrogen) atoms. The van der Waals surface area contributed by atoms with E-state index in [1.165, 1.54) is 0 Å². The first-order chi connectivity index (χ1) is 9.79. The van der Waals surface area contributed by atoms with Crippen LogP contribution in [-0.2, 0) is 13.1 Å². The first kappa shape index (κ1) is 12.8. The van der Waals surface area contributed by atoms with Crippen LogP contribution in [0.5, 0.6) is 0 Å². The zero-order chi connectivity index (χ0) is 13.9. The number of benzene rings is 1. The van der Waals surface area contributed by atoms with Gasteiger partial charge < -0.3 is 10.3 Å². The topological polar surface area (TPSA) is 74.6 Å². The highest BCUT2D eigenvalue weighted by Gasteiger charge is 2.14. The monoisotopic (exact) mass is 270 g/mol. The predicted octanol–water partition coefficient (Wildman–Crippen LogP) is 1.74. The lowest BCUT2D eigenvalue weighted by molar-refractivity contribution is 0.496. The molecule has 0 saturated carbocycles. The van der Waals surface area contributed by atoms with Crippen molar-refractivity contribution in [2.24, 2.45) is 5.73 Å². The van der Waals surface area contributed by atoms with Gasteiger partial charge in [-0.25, -0.2) is 9.67 Å². The van der Waals surface area contributed by atoms with E-state index in [0.717, 1.165) is 29.7 Å². The number of aryl methyl sites for hydroxylation is 1. The van der Waals surface area contributed by atoms with Crippen molar-refractivity contribution < 1.29 is 0 Å². The number of fused-ring (bicyclic) bond motifs is 1. The van der Waals surface area contributed by atoms with Gasteiger partial charge >= 0.3 is 0 Å². The first-order valence-electron chi connectivity index (χ1n) is 6.83. The van der Waals surface area contributed by atoms with Crippen LogP contribution in [-0.4, -0.2) is 24.5 Å². The van der Waals surface area contributed by atoms with Gasteiger partial charge in [0, 0.05) is 13.1 Å². The van der Waals surface area contributed by atoms with Crippen molar-refractivity contribution in [3.05, 3.63) is 42.5 Å². The average molecular weight is 270 g/mol. The Morgan fingerprint density at radius 1 is 1.30 bits per heavy atom. The van der Waals surface area contributed by atoms with Crippen LogP contribution < -0.4 is 5.73 Å². The molecule has 0 saturated heterocycles. The molecule has 3 rings (SSSR count). The summed E-state index contributed by atoms with van der Waals surface area (Å²) in [5.41, 5.74) is 9.35. The van der Waals surface area contributed by atoms with E-state index < -0.39 is 0 Å². The Labute approximate surface area is 117 Å². The Balaban J connectivity index is 1.85. The van der Waals surface area contributed by atoms with E-state index in [0.29, 0.717) is 6.54 Å². The van der Waals surface area contributed by atoms with Crippen LogP contribution >= 0.6 is 0 Å². The Hall–Kier alpha value is -2.21. The smallest absolute Gasteiger partial charge is 0.0958 e. The summed E-state index contributed by atoms with van der Waals surface area (Å²) in [6, 6.07) is 7.90. The molecule has 2 aromatic heterocycles. The molecule has 6 nitrogen and oxygen atoms in total. The average Bonchev–Trinajstić information content (AvgIpc) is 3.07. The fourth-order valence-corrected chi connectivity index (χ4v) is 2.40. The number of nitrogens with two attached hydrogens (primary N) is 1. The third-order valence-corrected chi connectivity index (χ3v) is 3.38. The number of hydrogen-bond donors (Lipinski definition) is 1. The van der Waals surface area contributed by atoms with E-state index in [2.05, 4.69) is 32.9 Å². The number of imidazole rings is 1. The van der Waals surface area contributed by atoms with Gasteiger partial charge in [0.2, 0.25) is 0 Å². The van der Waals surface area contributed by atoms with Crippen LogP contribution in [0.3, 0.4) is 0 Å². The summed E-state index contributed by atoms with van der Waals surface area (Å²) in [7, 11) is 0. The molecule has 3 aromatic rings. The Bertz CT molecular complexity index is 698. The minimum absolute atomic E-state index is 0.144. The molecule has 0 radical (unpaired) electrons. The molecule has 0 fully saturated rings. The lowest BCUT2D eigenvalue weighted by Crippen LogP contribution is -2.21. The zero-order valence-electron chi connectivity index (χ0n) is 11.5. The molecule has 2 heterocycles. The van der Waals surface area contributed by atoms with Crippen LogP contribution in [0.4, 0.5) is 0 Å². The Kier molecular flexibility index (Phi) is 3.47. The molecule has 6 heteroatoms.